The minimum atomic E-state index is -0.705. The molecule has 0 heterocycles. The summed E-state index contributed by atoms with van der Waals surface area (Å²) in [4.78, 5) is 35.4. The fourth-order valence-corrected chi connectivity index (χ4v) is 3.70. The van der Waals surface area contributed by atoms with Gasteiger partial charge in [0.1, 0.15) is 12.4 Å². The van der Waals surface area contributed by atoms with E-state index in [-0.39, 0.29) is 24.7 Å². The molecule has 0 atom stereocenters. The summed E-state index contributed by atoms with van der Waals surface area (Å²) < 4.78 is 11.0. The van der Waals surface area contributed by atoms with E-state index in [1.807, 2.05) is 45.2 Å². The van der Waals surface area contributed by atoms with Gasteiger partial charge in [0.25, 0.3) is 0 Å². The molecule has 0 bridgehead atoms. The first kappa shape index (κ1) is 21.4. The van der Waals surface area contributed by atoms with Crippen LogP contribution in [0.15, 0.2) is 54.6 Å². The monoisotopic (exact) mass is 592 g/mol. The number of esters is 2. The predicted molar refractivity (Wildman–Crippen MR) is 115 cm³/mol. The number of hydrogen-bond acceptors (Lipinski definition) is 6. The Morgan fingerprint density at radius 3 is 2.22 bits per heavy atom. The van der Waals surface area contributed by atoms with Crippen molar-refractivity contribution in [3.63, 3.8) is 0 Å². The van der Waals surface area contributed by atoms with Gasteiger partial charge in [0.2, 0.25) is 0 Å². The van der Waals surface area contributed by atoms with Gasteiger partial charge in [-0.1, -0.05) is 30.3 Å². The number of hydrogen-bond donors (Lipinski definition) is 1. The summed E-state index contributed by atoms with van der Waals surface area (Å²) in [6.45, 7) is -0.494. The predicted octanol–water partition coefficient (Wildman–Crippen LogP) is 3.74. The van der Waals surface area contributed by atoms with Crippen molar-refractivity contribution in [2.75, 3.05) is 13.2 Å². The number of phenolic OH excluding ortho intramolecular Hbond substituents is 1. The number of carbonyl (C=O) groups excluding carboxylic acids is 3. The highest BCUT2D eigenvalue weighted by atomic mass is 127. The van der Waals surface area contributed by atoms with Crippen LogP contribution in [0, 0.1) is 7.14 Å². The van der Waals surface area contributed by atoms with E-state index in [0.29, 0.717) is 18.3 Å². The normalized spacial score (nSPS) is 10.6. The first-order valence-corrected chi connectivity index (χ1v) is 9.81. The summed E-state index contributed by atoms with van der Waals surface area (Å²) in [6, 6.07) is 11.5. The Balaban J connectivity index is 1.77. The average molecular weight is 592 g/mol. The Morgan fingerprint density at radius 1 is 0.963 bits per heavy atom. The van der Waals surface area contributed by atoms with Crippen molar-refractivity contribution in [3.8, 4) is 5.75 Å². The van der Waals surface area contributed by atoms with E-state index in [0.717, 1.165) is 6.08 Å². The third-order valence-corrected chi connectivity index (χ3v) is 4.90. The molecule has 0 aliphatic rings. The van der Waals surface area contributed by atoms with Crippen molar-refractivity contribution >= 4 is 62.9 Å². The second kappa shape index (κ2) is 10.4. The van der Waals surface area contributed by atoms with Crippen LogP contribution in [0.5, 0.6) is 5.75 Å². The minimum Gasteiger partial charge on any atom is -0.506 e. The third kappa shape index (κ3) is 6.61. The van der Waals surface area contributed by atoms with Crippen molar-refractivity contribution < 1.29 is 29.0 Å². The maximum Gasteiger partial charge on any atom is 0.338 e. The average Bonchev–Trinajstić information content (AvgIpc) is 2.67. The largest absolute Gasteiger partial charge is 0.506 e. The minimum absolute atomic E-state index is 0.112. The molecule has 6 nitrogen and oxygen atoms in total. The molecule has 0 saturated carbocycles. The van der Waals surface area contributed by atoms with E-state index in [9.17, 15) is 19.5 Å². The van der Waals surface area contributed by atoms with E-state index in [1.165, 1.54) is 18.2 Å². The van der Waals surface area contributed by atoms with Crippen LogP contribution in [0.1, 0.15) is 20.7 Å². The number of Topliss-reactive ketones (excluding diaryl/α,β-unsaturated/α-hetero) is 1. The van der Waals surface area contributed by atoms with Crippen LogP contribution in [0.25, 0.3) is 0 Å². The quantitative estimate of drug-likeness (QED) is 0.228. The Hall–Kier alpha value is -1.95. The van der Waals surface area contributed by atoms with Crippen LogP contribution >= 0.6 is 45.2 Å². The second-order valence-corrected chi connectivity index (χ2v) is 7.51. The smallest absolute Gasteiger partial charge is 0.338 e. The number of ketones is 1. The Bertz CT molecular complexity index is 854. The summed E-state index contributed by atoms with van der Waals surface area (Å²) in [5.74, 6) is -1.48. The van der Waals surface area contributed by atoms with Gasteiger partial charge >= 0.3 is 11.9 Å². The van der Waals surface area contributed by atoms with Crippen molar-refractivity contribution in [1.29, 1.82) is 0 Å². The highest BCUT2D eigenvalue weighted by molar-refractivity contribution is 14.1. The maximum atomic E-state index is 12.0. The Kier molecular flexibility index (Phi) is 8.23. The van der Waals surface area contributed by atoms with E-state index < -0.39 is 11.9 Å². The summed E-state index contributed by atoms with van der Waals surface area (Å²) in [6.07, 6.45) is 2.42. The Labute approximate surface area is 182 Å². The van der Waals surface area contributed by atoms with Gasteiger partial charge in [-0.05, 0) is 63.4 Å². The zero-order chi connectivity index (χ0) is 19.8. The number of ether oxygens (including phenoxy) is 2. The molecule has 0 aromatic heterocycles. The number of rotatable bonds is 7. The van der Waals surface area contributed by atoms with E-state index in [2.05, 4.69) is 0 Å². The molecule has 0 spiro atoms. The van der Waals surface area contributed by atoms with Crippen LogP contribution in [0.4, 0.5) is 0 Å². The molecule has 1 N–H and O–H groups in total. The van der Waals surface area contributed by atoms with Crippen LogP contribution in [-0.4, -0.2) is 36.0 Å². The van der Waals surface area contributed by atoms with Crippen LogP contribution in [-0.2, 0) is 14.3 Å². The van der Waals surface area contributed by atoms with Crippen molar-refractivity contribution in [2.45, 2.75) is 0 Å². The molecule has 0 radical (unpaired) electrons. The number of benzene rings is 2. The van der Waals surface area contributed by atoms with Crippen LogP contribution in [0.3, 0.4) is 0 Å². The molecule has 0 fully saturated rings. The van der Waals surface area contributed by atoms with E-state index in [4.69, 9.17) is 9.47 Å². The van der Waals surface area contributed by atoms with Gasteiger partial charge in [-0.15, -0.1) is 0 Å². The van der Waals surface area contributed by atoms with Gasteiger partial charge in [0, 0.05) is 11.6 Å². The Morgan fingerprint density at radius 2 is 1.59 bits per heavy atom. The van der Waals surface area contributed by atoms with Crippen molar-refractivity contribution in [2.24, 2.45) is 0 Å². The fourth-order valence-electron chi connectivity index (χ4n) is 1.93. The number of halogens is 2. The molecule has 2 aromatic rings. The molecule has 0 aliphatic carbocycles. The van der Waals surface area contributed by atoms with Crippen molar-refractivity contribution in [1.82, 2.24) is 0 Å². The van der Waals surface area contributed by atoms with Gasteiger partial charge in [0.15, 0.2) is 12.4 Å². The van der Waals surface area contributed by atoms with Gasteiger partial charge in [-0.3, -0.25) is 4.79 Å². The molecule has 2 aromatic carbocycles. The van der Waals surface area contributed by atoms with E-state index >= 15 is 0 Å². The molecular formula is C19H14I2O6. The number of phenols is 1. The highest BCUT2D eigenvalue weighted by Gasteiger charge is 2.12. The number of aromatic hydroxyl groups is 1. The first-order chi connectivity index (χ1) is 12.9. The third-order valence-electron chi connectivity index (χ3n) is 3.26. The standard InChI is InChI=1S/C19H14I2O6/c20-14-9-13(10-15(21)18(14)24)19(25)26-8-4-7-17(23)27-11-16(22)12-5-2-1-3-6-12/h1-7,9-10,24H,8,11H2. The SMILES string of the molecule is O=C(C=CCOC(=O)c1cc(I)c(O)c(I)c1)OCC(=O)c1ccccc1. The molecule has 140 valence electrons. The summed E-state index contributed by atoms with van der Waals surface area (Å²) in [5.41, 5.74) is 0.757. The molecule has 0 amide bonds. The van der Waals surface area contributed by atoms with E-state index in [1.54, 1.807) is 30.3 Å². The molecular weight excluding hydrogens is 578 g/mol. The zero-order valence-corrected chi connectivity index (χ0v) is 18.2. The van der Waals surface area contributed by atoms with Gasteiger partial charge < -0.3 is 14.6 Å². The van der Waals surface area contributed by atoms with Gasteiger partial charge in [-0.25, -0.2) is 9.59 Å². The molecule has 0 aliphatic heterocycles. The maximum absolute atomic E-state index is 12.0. The zero-order valence-electron chi connectivity index (χ0n) is 13.9. The summed E-state index contributed by atoms with van der Waals surface area (Å²) >= 11 is 3.83. The van der Waals surface area contributed by atoms with Crippen LogP contribution in [0.2, 0.25) is 0 Å². The topological polar surface area (TPSA) is 89.9 Å². The lowest BCUT2D eigenvalue weighted by Crippen LogP contribution is -2.12. The fraction of sp³-hybridized carbons (Fsp3) is 0.105. The second-order valence-electron chi connectivity index (χ2n) is 5.19. The van der Waals surface area contributed by atoms with Crippen molar-refractivity contribution in [3.05, 3.63) is 72.9 Å². The molecule has 27 heavy (non-hydrogen) atoms. The first-order valence-electron chi connectivity index (χ1n) is 7.65. The molecule has 8 heteroatoms. The molecule has 0 saturated heterocycles. The number of carbonyl (C=O) groups is 3. The van der Waals surface area contributed by atoms with Gasteiger partial charge in [-0.2, -0.15) is 0 Å². The highest BCUT2D eigenvalue weighted by Crippen LogP contribution is 2.27. The van der Waals surface area contributed by atoms with Crippen LogP contribution < -0.4 is 0 Å². The summed E-state index contributed by atoms with van der Waals surface area (Å²) in [7, 11) is 0. The lowest BCUT2D eigenvalue weighted by atomic mass is 10.1. The molecule has 2 rings (SSSR count). The lowest BCUT2D eigenvalue weighted by Gasteiger charge is -2.05. The summed E-state index contributed by atoms with van der Waals surface area (Å²) in [5, 5.41) is 9.70. The lowest BCUT2D eigenvalue weighted by molar-refractivity contribution is -0.136. The van der Waals surface area contributed by atoms with Gasteiger partial charge in [0.05, 0.1) is 12.7 Å². The molecule has 0 unspecified atom stereocenters.